The maximum atomic E-state index is 11.3. The van der Waals surface area contributed by atoms with E-state index in [0.29, 0.717) is 0 Å². The molecule has 0 radical (unpaired) electrons. The minimum absolute atomic E-state index is 0.135. The van der Waals surface area contributed by atoms with Gasteiger partial charge < -0.3 is 10.6 Å². The van der Waals surface area contributed by atoms with Gasteiger partial charge in [0.1, 0.15) is 5.78 Å². The fourth-order valence-corrected chi connectivity index (χ4v) is 1.03. The highest BCUT2D eigenvalue weighted by molar-refractivity contribution is 5.97. The van der Waals surface area contributed by atoms with Crippen LogP contribution >= 0.6 is 0 Å². The molecule has 0 aromatic heterocycles. The number of nitrogens with one attached hydrogen (secondary N) is 2. The molecule has 15 heavy (non-hydrogen) atoms. The maximum absolute atomic E-state index is 11.3. The monoisotopic (exact) mass is 214 g/mol. The number of Topliss-reactive ketones (excluding diaryl/α,β-unsaturated/α-hetero) is 1. The number of carbonyl (C=O) groups is 3. The van der Waals surface area contributed by atoms with Gasteiger partial charge in [-0.05, 0) is 20.8 Å². The van der Waals surface area contributed by atoms with Crippen molar-refractivity contribution in [2.75, 3.05) is 13.6 Å². The average molecular weight is 214 g/mol. The summed E-state index contributed by atoms with van der Waals surface area (Å²) >= 11 is 0. The molecule has 0 aliphatic carbocycles. The predicted octanol–water partition coefficient (Wildman–Crippen LogP) is -0.146. The number of rotatable bonds is 5. The second-order valence-corrected chi connectivity index (χ2v) is 4.12. The fraction of sp³-hybridized carbons (Fsp3) is 0.700. The third-order valence-electron chi connectivity index (χ3n) is 1.98. The Balaban J connectivity index is 4.09. The SMILES string of the molecule is CNC(=O)C(C)(C)CNC(=O)CC(C)=O. The Morgan fingerprint density at radius 3 is 2.13 bits per heavy atom. The normalized spacial score (nSPS) is 10.7. The fourth-order valence-electron chi connectivity index (χ4n) is 1.03. The Hall–Kier alpha value is -1.39. The lowest BCUT2D eigenvalue weighted by Crippen LogP contribution is -2.43. The highest BCUT2D eigenvalue weighted by Gasteiger charge is 2.26. The highest BCUT2D eigenvalue weighted by atomic mass is 16.2. The minimum atomic E-state index is -0.665. The lowest BCUT2D eigenvalue weighted by Gasteiger charge is -2.22. The zero-order valence-electron chi connectivity index (χ0n) is 9.64. The van der Waals surface area contributed by atoms with Crippen molar-refractivity contribution in [3.8, 4) is 0 Å². The van der Waals surface area contributed by atoms with E-state index >= 15 is 0 Å². The van der Waals surface area contributed by atoms with E-state index in [4.69, 9.17) is 0 Å². The van der Waals surface area contributed by atoms with Crippen LogP contribution in [0.3, 0.4) is 0 Å². The minimum Gasteiger partial charge on any atom is -0.359 e. The second-order valence-electron chi connectivity index (χ2n) is 4.12. The smallest absolute Gasteiger partial charge is 0.227 e. The van der Waals surface area contributed by atoms with Crippen molar-refractivity contribution in [2.24, 2.45) is 5.41 Å². The quantitative estimate of drug-likeness (QED) is 0.625. The van der Waals surface area contributed by atoms with Gasteiger partial charge in [-0.3, -0.25) is 14.4 Å². The van der Waals surface area contributed by atoms with Crippen molar-refractivity contribution in [3.63, 3.8) is 0 Å². The predicted molar refractivity (Wildman–Crippen MR) is 56.2 cm³/mol. The van der Waals surface area contributed by atoms with Gasteiger partial charge in [-0.25, -0.2) is 0 Å². The largest absolute Gasteiger partial charge is 0.359 e. The Kier molecular flexibility index (Phi) is 4.97. The Morgan fingerprint density at radius 1 is 1.20 bits per heavy atom. The zero-order valence-corrected chi connectivity index (χ0v) is 9.64. The lowest BCUT2D eigenvalue weighted by molar-refractivity contribution is -0.130. The van der Waals surface area contributed by atoms with Crippen LogP contribution in [0.15, 0.2) is 0 Å². The molecule has 86 valence electrons. The number of amides is 2. The second kappa shape index (κ2) is 5.48. The van der Waals surface area contributed by atoms with Gasteiger partial charge in [0.2, 0.25) is 11.8 Å². The number of ketones is 1. The van der Waals surface area contributed by atoms with Gasteiger partial charge in [-0.15, -0.1) is 0 Å². The van der Waals surface area contributed by atoms with Crippen molar-refractivity contribution in [1.82, 2.24) is 10.6 Å². The van der Waals surface area contributed by atoms with Crippen LogP contribution in [0.25, 0.3) is 0 Å². The summed E-state index contributed by atoms with van der Waals surface area (Å²) in [6.07, 6.45) is -0.135. The molecule has 0 aliphatic heterocycles. The standard InChI is InChI=1S/C10H18N2O3/c1-7(13)5-8(14)12-6-10(2,3)9(15)11-4/h5-6H2,1-4H3,(H,11,15)(H,12,14). The molecule has 0 saturated carbocycles. The molecule has 0 saturated heterocycles. The molecule has 0 aromatic rings. The summed E-state index contributed by atoms with van der Waals surface area (Å²) in [5.74, 6) is -0.685. The Bertz CT molecular complexity index is 272. The van der Waals surface area contributed by atoms with Crippen molar-refractivity contribution in [2.45, 2.75) is 27.2 Å². The number of carbonyl (C=O) groups excluding carboxylic acids is 3. The Labute approximate surface area is 89.6 Å². The molecule has 0 aromatic carbocycles. The summed E-state index contributed by atoms with van der Waals surface area (Å²) in [5, 5.41) is 5.06. The summed E-state index contributed by atoms with van der Waals surface area (Å²) in [4.78, 5) is 33.1. The first kappa shape index (κ1) is 13.6. The van der Waals surface area contributed by atoms with E-state index in [1.165, 1.54) is 6.92 Å². The third kappa shape index (κ3) is 5.15. The first-order chi connectivity index (χ1) is 6.79. The number of hydrogen-bond acceptors (Lipinski definition) is 3. The molecule has 0 bridgehead atoms. The molecule has 2 amide bonds. The molecule has 5 heteroatoms. The van der Waals surface area contributed by atoms with Crippen LogP contribution in [0, 0.1) is 5.41 Å². The molecule has 0 fully saturated rings. The van der Waals surface area contributed by atoms with Crippen LogP contribution in [-0.4, -0.2) is 31.2 Å². The van der Waals surface area contributed by atoms with E-state index in [1.807, 2.05) is 0 Å². The molecule has 2 N–H and O–H groups in total. The highest BCUT2D eigenvalue weighted by Crippen LogP contribution is 2.12. The molecule has 0 rings (SSSR count). The molecular weight excluding hydrogens is 196 g/mol. The van der Waals surface area contributed by atoms with Crippen LogP contribution in [-0.2, 0) is 14.4 Å². The maximum Gasteiger partial charge on any atom is 0.227 e. The number of hydrogen-bond donors (Lipinski definition) is 2. The van der Waals surface area contributed by atoms with E-state index in [1.54, 1.807) is 20.9 Å². The summed E-state index contributed by atoms with van der Waals surface area (Å²) < 4.78 is 0. The average Bonchev–Trinajstić information content (AvgIpc) is 2.12. The Morgan fingerprint density at radius 2 is 1.73 bits per heavy atom. The molecule has 5 nitrogen and oxygen atoms in total. The van der Waals surface area contributed by atoms with E-state index in [9.17, 15) is 14.4 Å². The van der Waals surface area contributed by atoms with Crippen molar-refractivity contribution >= 4 is 17.6 Å². The van der Waals surface area contributed by atoms with Gasteiger partial charge in [0, 0.05) is 13.6 Å². The first-order valence-electron chi connectivity index (χ1n) is 4.78. The van der Waals surface area contributed by atoms with Gasteiger partial charge >= 0.3 is 0 Å². The van der Waals surface area contributed by atoms with Gasteiger partial charge in [-0.2, -0.15) is 0 Å². The van der Waals surface area contributed by atoms with Crippen molar-refractivity contribution in [1.29, 1.82) is 0 Å². The van der Waals surface area contributed by atoms with Crippen LogP contribution in [0.2, 0.25) is 0 Å². The van der Waals surface area contributed by atoms with E-state index in [-0.39, 0.29) is 30.6 Å². The summed E-state index contributed by atoms with van der Waals surface area (Å²) in [7, 11) is 1.54. The van der Waals surface area contributed by atoms with E-state index in [2.05, 4.69) is 10.6 Å². The molecule has 0 aliphatic rings. The molecule has 0 unspecified atom stereocenters. The molecule has 0 heterocycles. The van der Waals surface area contributed by atoms with Crippen molar-refractivity contribution in [3.05, 3.63) is 0 Å². The van der Waals surface area contributed by atoms with E-state index < -0.39 is 5.41 Å². The summed E-state index contributed by atoms with van der Waals surface area (Å²) in [6, 6.07) is 0. The van der Waals surface area contributed by atoms with Crippen LogP contribution in [0.5, 0.6) is 0 Å². The zero-order chi connectivity index (χ0) is 12.1. The van der Waals surface area contributed by atoms with Crippen molar-refractivity contribution < 1.29 is 14.4 Å². The first-order valence-corrected chi connectivity index (χ1v) is 4.78. The molecule has 0 spiro atoms. The third-order valence-corrected chi connectivity index (χ3v) is 1.98. The van der Waals surface area contributed by atoms with Gasteiger partial charge in [0.25, 0.3) is 0 Å². The van der Waals surface area contributed by atoms with Gasteiger partial charge in [0.15, 0.2) is 0 Å². The topological polar surface area (TPSA) is 75.3 Å². The molecular formula is C10H18N2O3. The van der Waals surface area contributed by atoms with Crippen LogP contribution < -0.4 is 10.6 Å². The van der Waals surface area contributed by atoms with E-state index in [0.717, 1.165) is 0 Å². The summed E-state index contributed by atoms with van der Waals surface area (Å²) in [6.45, 7) is 5.02. The van der Waals surface area contributed by atoms with Crippen LogP contribution in [0.1, 0.15) is 27.2 Å². The van der Waals surface area contributed by atoms with Gasteiger partial charge in [0.05, 0.1) is 11.8 Å². The molecule has 0 atom stereocenters. The lowest BCUT2D eigenvalue weighted by atomic mass is 9.92. The van der Waals surface area contributed by atoms with Gasteiger partial charge in [-0.1, -0.05) is 0 Å². The summed E-state index contributed by atoms with van der Waals surface area (Å²) in [5.41, 5.74) is -0.665. The van der Waals surface area contributed by atoms with Crippen LogP contribution in [0.4, 0.5) is 0 Å².